The van der Waals surface area contributed by atoms with Gasteiger partial charge < -0.3 is 14.7 Å². The van der Waals surface area contributed by atoms with Gasteiger partial charge in [-0.2, -0.15) is 0 Å². The van der Waals surface area contributed by atoms with Crippen LogP contribution in [0, 0.1) is 5.92 Å². The van der Waals surface area contributed by atoms with Crippen LogP contribution in [-0.4, -0.2) is 74.6 Å². The van der Waals surface area contributed by atoms with Crippen LogP contribution in [0.2, 0.25) is 0 Å². The molecule has 0 amide bonds. The fraction of sp³-hybridized carbons (Fsp3) is 1.00. The molecule has 1 saturated carbocycles. The van der Waals surface area contributed by atoms with Crippen molar-refractivity contribution in [2.75, 3.05) is 53.9 Å². The standard InChI is InChI=1S/C15H31N3/c1-16-9-10-17(2)13-15(18(3)12-11-16)14-7-5-4-6-8-14/h14-15H,4-13H2,1-3H3. The SMILES string of the molecule is CN1CCN(C)CC(C2CCCCC2)N(C)CC1. The Bertz CT molecular complexity index is 238. The van der Waals surface area contributed by atoms with Gasteiger partial charge in [-0.05, 0) is 39.9 Å². The number of hydrogen-bond donors (Lipinski definition) is 0. The molecule has 2 fully saturated rings. The summed E-state index contributed by atoms with van der Waals surface area (Å²) in [4.78, 5) is 7.64. The average molecular weight is 253 g/mol. The Morgan fingerprint density at radius 3 is 2.06 bits per heavy atom. The maximum atomic E-state index is 2.63. The maximum Gasteiger partial charge on any atom is 0.0248 e. The summed E-state index contributed by atoms with van der Waals surface area (Å²) in [5, 5.41) is 0. The van der Waals surface area contributed by atoms with Crippen LogP contribution < -0.4 is 0 Å². The zero-order chi connectivity index (χ0) is 13.0. The van der Waals surface area contributed by atoms with Crippen LogP contribution in [0.15, 0.2) is 0 Å². The van der Waals surface area contributed by atoms with E-state index in [1.54, 1.807) is 0 Å². The summed E-state index contributed by atoms with van der Waals surface area (Å²) >= 11 is 0. The second-order valence-corrected chi connectivity index (χ2v) is 6.51. The third-order valence-electron chi connectivity index (χ3n) is 4.96. The molecule has 1 heterocycles. The maximum absolute atomic E-state index is 2.63. The Morgan fingerprint density at radius 2 is 1.33 bits per heavy atom. The quantitative estimate of drug-likeness (QED) is 0.705. The first-order valence-electron chi connectivity index (χ1n) is 7.74. The third kappa shape index (κ3) is 3.94. The van der Waals surface area contributed by atoms with Gasteiger partial charge in [0.15, 0.2) is 0 Å². The molecule has 0 aromatic carbocycles. The lowest BCUT2D eigenvalue weighted by atomic mass is 9.83. The van der Waals surface area contributed by atoms with E-state index in [2.05, 4.69) is 35.8 Å². The van der Waals surface area contributed by atoms with Crippen molar-refractivity contribution in [2.45, 2.75) is 38.1 Å². The minimum Gasteiger partial charge on any atom is -0.304 e. The molecular weight excluding hydrogens is 222 g/mol. The van der Waals surface area contributed by atoms with Crippen molar-refractivity contribution in [3.63, 3.8) is 0 Å². The zero-order valence-corrected chi connectivity index (χ0v) is 12.6. The first-order chi connectivity index (χ1) is 8.66. The van der Waals surface area contributed by atoms with Crippen LogP contribution in [-0.2, 0) is 0 Å². The van der Waals surface area contributed by atoms with E-state index in [9.17, 15) is 0 Å². The summed E-state index contributed by atoms with van der Waals surface area (Å²) in [6.45, 7) is 6.13. The second kappa shape index (κ2) is 6.88. The van der Waals surface area contributed by atoms with Crippen LogP contribution >= 0.6 is 0 Å². The van der Waals surface area contributed by atoms with Gasteiger partial charge in [-0.25, -0.2) is 0 Å². The molecule has 1 aliphatic carbocycles. The molecule has 2 aliphatic rings. The second-order valence-electron chi connectivity index (χ2n) is 6.51. The molecule has 18 heavy (non-hydrogen) atoms. The summed E-state index contributed by atoms with van der Waals surface area (Å²) in [7, 11) is 6.89. The van der Waals surface area contributed by atoms with Gasteiger partial charge in [0.2, 0.25) is 0 Å². The van der Waals surface area contributed by atoms with E-state index < -0.39 is 0 Å². The van der Waals surface area contributed by atoms with Gasteiger partial charge in [-0.1, -0.05) is 19.3 Å². The summed E-state index contributed by atoms with van der Waals surface area (Å²) in [5.74, 6) is 0.939. The molecule has 1 saturated heterocycles. The van der Waals surface area contributed by atoms with E-state index in [0.29, 0.717) is 0 Å². The number of rotatable bonds is 1. The lowest BCUT2D eigenvalue weighted by molar-refractivity contribution is 0.114. The highest BCUT2D eigenvalue weighted by molar-refractivity contribution is 4.84. The minimum absolute atomic E-state index is 0.779. The van der Waals surface area contributed by atoms with Gasteiger partial charge in [-0.15, -0.1) is 0 Å². The first-order valence-corrected chi connectivity index (χ1v) is 7.74. The number of nitrogens with zero attached hydrogens (tertiary/aromatic N) is 3. The lowest BCUT2D eigenvalue weighted by Gasteiger charge is -2.38. The summed E-state index contributed by atoms with van der Waals surface area (Å²) in [5.41, 5.74) is 0. The Balaban J connectivity index is 1.99. The third-order valence-corrected chi connectivity index (χ3v) is 4.96. The van der Waals surface area contributed by atoms with E-state index in [4.69, 9.17) is 0 Å². The molecule has 0 aromatic rings. The van der Waals surface area contributed by atoms with Crippen molar-refractivity contribution < 1.29 is 0 Å². The van der Waals surface area contributed by atoms with Crippen LogP contribution in [0.25, 0.3) is 0 Å². The normalized spacial score (nSPS) is 31.8. The van der Waals surface area contributed by atoms with Crippen molar-refractivity contribution in [1.29, 1.82) is 0 Å². The fourth-order valence-corrected chi connectivity index (χ4v) is 3.53. The topological polar surface area (TPSA) is 9.72 Å². The summed E-state index contributed by atoms with van der Waals surface area (Å²) in [6.07, 6.45) is 7.29. The predicted molar refractivity (Wildman–Crippen MR) is 78.0 cm³/mol. The Hall–Kier alpha value is -0.120. The molecule has 2 rings (SSSR count). The zero-order valence-electron chi connectivity index (χ0n) is 12.6. The number of likely N-dealkylation sites (N-methyl/N-ethyl adjacent to an activating group) is 3. The molecule has 0 radical (unpaired) electrons. The van der Waals surface area contributed by atoms with E-state index in [1.165, 1.54) is 64.8 Å². The molecule has 3 nitrogen and oxygen atoms in total. The molecule has 1 aliphatic heterocycles. The van der Waals surface area contributed by atoms with Crippen molar-refractivity contribution in [3.8, 4) is 0 Å². The highest BCUT2D eigenvalue weighted by atomic mass is 15.3. The largest absolute Gasteiger partial charge is 0.304 e. The molecule has 0 spiro atoms. The Morgan fingerprint density at radius 1 is 0.722 bits per heavy atom. The minimum atomic E-state index is 0.779. The lowest BCUT2D eigenvalue weighted by Crippen LogP contribution is -2.46. The molecule has 106 valence electrons. The monoisotopic (exact) mass is 253 g/mol. The molecule has 1 unspecified atom stereocenters. The highest BCUT2D eigenvalue weighted by Gasteiger charge is 2.28. The summed E-state index contributed by atoms with van der Waals surface area (Å²) < 4.78 is 0. The van der Waals surface area contributed by atoms with Crippen LogP contribution in [0.3, 0.4) is 0 Å². The molecule has 0 aromatic heterocycles. The Labute approximate surface area is 113 Å². The van der Waals surface area contributed by atoms with Crippen LogP contribution in [0.5, 0.6) is 0 Å². The fourth-order valence-electron chi connectivity index (χ4n) is 3.53. The van der Waals surface area contributed by atoms with E-state index in [0.717, 1.165) is 12.0 Å². The molecular formula is C15H31N3. The van der Waals surface area contributed by atoms with Crippen molar-refractivity contribution in [2.24, 2.45) is 5.92 Å². The van der Waals surface area contributed by atoms with Crippen LogP contribution in [0.1, 0.15) is 32.1 Å². The molecule has 3 heteroatoms. The van der Waals surface area contributed by atoms with Crippen LogP contribution in [0.4, 0.5) is 0 Å². The van der Waals surface area contributed by atoms with Gasteiger partial charge in [0, 0.05) is 38.8 Å². The molecule has 0 N–H and O–H groups in total. The van der Waals surface area contributed by atoms with E-state index >= 15 is 0 Å². The summed E-state index contributed by atoms with van der Waals surface area (Å²) in [6, 6.07) is 0.779. The predicted octanol–water partition coefficient (Wildman–Crippen LogP) is 1.74. The van der Waals surface area contributed by atoms with Crippen molar-refractivity contribution in [3.05, 3.63) is 0 Å². The van der Waals surface area contributed by atoms with Gasteiger partial charge in [-0.3, -0.25) is 0 Å². The van der Waals surface area contributed by atoms with Gasteiger partial charge >= 0.3 is 0 Å². The average Bonchev–Trinajstić information content (AvgIpc) is 2.45. The van der Waals surface area contributed by atoms with Crippen molar-refractivity contribution in [1.82, 2.24) is 14.7 Å². The number of hydrogen-bond acceptors (Lipinski definition) is 3. The first kappa shape index (κ1) is 14.3. The van der Waals surface area contributed by atoms with Crippen molar-refractivity contribution >= 4 is 0 Å². The molecule has 1 atom stereocenters. The highest BCUT2D eigenvalue weighted by Crippen LogP contribution is 2.29. The van der Waals surface area contributed by atoms with Gasteiger partial charge in [0.1, 0.15) is 0 Å². The smallest absolute Gasteiger partial charge is 0.0248 e. The van der Waals surface area contributed by atoms with E-state index in [-0.39, 0.29) is 0 Å². The van der Waals surface area contributed by atoms with Gasteiger partial charge in [0.05, 0.1) is 0 Å². The Kier molecular flexibility index (Phi) is 5.46. The van der Waals surface area contributed by atoms with E-state index in [1.807, 2.05) is 0 Å². The van der Waals surface area contributed by atoms with Gasteiger partial charge in [0.25, 0.3) is 0 Å². The molecule has 0 bridgehead atoms.